The minimum Gasteiger partial charge on any atom is -0.497 e. The smallest absolute Gasteiger partial charge is 0.323 e. The van der Waals surface area contributed by atoms with Crippen molar-refractivity contribution in [2.24, 2.45) is 0 Å². The zero-order valence-electron chi connectivity index (χ0n) is 13.3. The van der Waals surface area contributed by atoms with Crippen LogP contribution in [0.25, 0.3) is 0 Å². The summed E-state index contributed by atoms with van der Waals surface area (Å²) in [5.41, 5.74) is 3.49. The lowest BCUT2D eigenvalue weighted by molar-refractivity contribution is 0.262. The van der Waals surface area contributed by atoms with Gasteiger partial charge in [0.05, 0.1) is 26.0 Å². The number of amides is 2. The van der Waals surface area contributed by atoms with Crippen LogP contribution in [-0.4, -0.2) is 26.4 Å². The highest BCUT2D eigenvalue weighted by molar-refractivity contribution is 6.02. The van der Waals surface area contributed by atoms with E-state index in [2.05, 4.69) is 10.6 Å². The van der Waals surface area contributed by atoms with Gasteiger partial charge in [-0.3, -0.25) is 0 Å². The van der Waals surface area contributed by atoms with Gasteiger partial charge in [0.2, 0.25) is 0 Å². The van der Waals surface area contributed by atoms with Gasteiger partial charge in [-0.15, -0.1) is 0 Å². The molecule has 0 saturated heterocycles. The number of urea groups is 1. The molecular formula is C18H18N2O4. The third kappa shape index (κ3) is 2.60. The maximum absolute atomic E-state index is 12.4. The molecule has 2 N–H and O–H groups in total. The Hall–Kier alpha value is -2.89. The Morgan fingerprint density at radius 2 is 1.88 bits per heavy atom. The summed E-state index contributed by atoms with van der Waals surface area (Å²) in [7, 11) is 1.60. The Morgan fingerprint density at radius 1 is 1.08 bits per heavy atom. The predicted molar refractivity (Wildman–Crippen MR) is 90.5 cm³/mol. The highest BCUT2D eigenvalue weighted by Crippen LogP contribution is 2.44. The Bertz CT molecular complexity index is 754. The van der Waals surface area contributed by atoms with Crippen LogP contribution in [0.1, 0.15) is 11.1 Å². The number of carbonyl (C=O) groups excluding carboxylic acids is 1. The molecule has 0 fully saturated rings. The van der Waals surface area contributed by atoms with Crippen molar-refractivity contribution in [1.82, 2.24) is 0 Å². The second-order valence-electron chi connectivity index (χ2n) is 5.72. The summed E-state index contributed by atoms with van der Waals surface area (Å²) in [5.74, 6) is 2.35. The number of methoxy groups -OCH3 is 1. The molecule has 0 aromatic heterocycles. The molecule has 6 heteroatoms. The zero-order chi connectivity index (χ0) is 16.5. The number of anilines is 2. The van der Waals surface area contributed by atoms with Gasteiger partial charge in [-0.1, -0.05) is 0 Å². The molecule has 6 nitrogen and oxygen atoms in total. The van der Waals surface area contributed by atoms with Crippen molar-refractivity contribution in [3.05, 3.63) is 41.5 Å². The highest BCUT2D eigenvalue weighted by atomic mass is 16.5. The Kier molecular flexibility index (Phi) is 3.65. The molecule has 2 aliphatic heterocycles. The van der Waals surface area contributed by atoms with Gasteiger partial charge in [-0.25, -0.2) is 4.79 Å². The molecule has 24 heavy (non-hydrogen) atoms. The first-order valence-electron chi connectivity index (χ1n) is 7.91. The minimum atomic E-state index is -0.307. The quantitative estimate of drug-likeness (QED) is 0.909. The van der Waals surface area contributed by atoms with E-state index >= 15 is 0 Å². The van der Waals surface area contributed by atoms with Gasteiger partial charge in [-0.2, -0.15) is 0 Å². The number of nitrogens with one attached hydrogen (secondary N) is 2. The first-order valence-corrected chi connectivity index (χ1v) is 7.91. The summed E-state index contributed by atoms with van der Waals surface area (Å²) in [4.78, 5) is 12.4. The second kappa shape index (κ2) is 5.96. The van der Waals surface area contributed by atoms with E-state index in [-0.39, 0.29) is 6.03 Å². The van der Waals surface area contributed by atoms with Gasteiger partial charge < -0.3 is 24.8 Å². The molecular weight excluding hydrogens is 308 g/mol. The van der Waals surface area contributed by atoms with Crippen LogP contribution in [0.15, 0.2) is 30.3 Å². The van der Waals surface area contributed by atoms with Gasteiger partial charge in [-0.05, 0) is 30.3 Å². The average molecular weight is 326 g/mol. The number of fused-ring (bicyclic) bond motifs is 2. The van der Waals surface area contributed by atoms with Crippen molar-refractivity contribution >= 4 is 17.4 Å². The molecule has 0 radical (unpaired) electrons. The van der Waals surface area contributed by atoms with Gasteiger partial charge in [0, 0.05) is 29.7 Å². The number of benzene rings is 2. The van der Waals surface area contributed by atoms with Gasteiger partial charge >= 0.3 is 6.03 Å². The maximum atomic E-state index is 12.4. The summed E-state index contributed by atoms with van der Waals surface area (Å²) in [6.07, 6.45) is 1.60. The van der Waals surface area contributed by atoms with Crippen LogP contribution in [0.3, 0.4) is 0 Å². The molecule has 4 rings (SSSR count). The van der Waals surface area contributed by atoms with Gasteiger partial charge in [0.15, 0.2) is 0 Å². The van der Waals surface area contributed by atoms with E-state index in [1.807, 2.05) is 6.07 Å². The van der Waals surface area contributed by atoms with E-state index in [4.69, 9.17) is 14.2 Å². The van der Waals surface area contributed by atoms with Crippen molar-refractivity contribution in [3.8, 4) is 17.2 Å². The normalized spacial score (nSPS) is 14.2. The Morgan fingerprint density at radius 3 is 2.67 bits per heavy atom. The second-order valence-corrected chi connectivity index (χ2v) is 5.72. The summed E-state index contributed by atoms with van der Waals surface area (Å²) >= 11 is 0. The summed E-state index contributed by atoms with van der Waals surface area (Å²) in [6.45, 7) is 1.26. The number of rotatable bonds is 3. The standard InChI is InChI=1S/C18H18N2O4/c1-22-13-4-2-12(3-5-13)19-18(21)20-16-14-7-9-23-15(14)10-11-6-8-24-17(11)16/h2-5,10H,6-9H2,1H3,(H2,19,20,21). The number of hydrogen-bond donors (Lipinski definition) is 2. The van der Waals surface area contributed by atoms with Crippen LogP contribution in [0.4, 0.5) is 16.2 Å². The molecule has 0 bridgehead atoms. The van der Waals surface area contributed by atoms with E-state index < -0.39 is 0 Å². The summed E-state index contributed by atoms with van der Waals surface area (Å²) in [6, 6.07) is 8.89. The van der Waals surface area contributed by atoms with Gasteiger partial charge in [0.1, 0.15) is 17.2 Å². The Labute approximate surface area is 139 Å². The fourth-order valence-corrected chi connectivity index (χ4v) is 3.07. The topological polar surface area (TPSA) is 68.8 Å². The zero-order valence-corrected chi connectivity index (χ0v) is 13.3. The third-order valence-electron chi connectivity index (χ3n) is 4.24. The molecule has 124 valence electrons. The van der Waals surface area contributed by atoms with E-state index in [0.717, 1.165) is 46.9 Å². The molecule has 0 atom stereocenters. The number of hydrogen-bond acceptors (Lipinski definition) is 4. The van der Waals surface area contributed by atoms with Crippen LogP contribution in [-0.2, 0) is 12.8 Å². The van der Waals surface area contributed by atoms with Crippen LogP contribution < -0.4 is 24.8 Å². The molecule has 2 aromatic rings. The molecule has 2 aliphatic rings. The molecule has 2 amide bonds. The van der Waals surface area contributed by atoms with Gasteiger partial charge in [0.25, 0.3) is 0 Å². The first-order chi connectivity index (χ1) is 11.7. The fraction of sp³-hybridized carbons (Fsp3) is 0.278. The largest absolute Gasteiger partial charge is 0.497 e. The lowest BCUT2D eigenvalue weighted by Crippen LogP contribution is -2.20. The lowest BCUT2D eigenvalue weighted by atomic mass is 10.0. The van der Waals surface area contributed by atoms with Crippen molar-refractivity contribution in [1.29, 1.82) is 0 Å². The number of carbonyl (C=O) groups is 1. The number of ether oxygens (including phenoxy) is 3. The van der Waals surface area contributed by atoms with Crippen molar-refractivity contribution in [3.63, 3.8) is 0 Å². The molecule has 0 unspecified atom stereocenters. The van der Waals surface area contributed by atoms with Crippen LogP contribution in [0.5, 0.6) is 17.2 Å². The molecule has 2 heterocycles. The van der Waals surface area contributed by atoms with E-state index in [1.165, 1.54) is 0 Å². The van der Waals surface area contributed by atoms with Crippen molar-refractivity contribution < 1.29 is 19.0 Å². The van der Waals surface area contributed by atoms with Crippen LogP contribution in [0.2, 0.25) is 0 Å². The van der Waals surface area contributed by atoms with E-state index in [1.54, 1.807) is 31.4 Å². The van der Waals surface area contributed by atoms with Crippen molar-refractivity contribution in [2.45, 2.75) is 12.8 Å². The maximum Gasteiger partial charge on any atom is 0.323 e. The molecule has 0 aliphatic carbocycles. The molecule has 0 spiro atoms. The lowest BCUT2D eigenvalue weighted by Gasteiger charge is -2.14. The fourth-order valence-electron chi connectivity index (χ4n) is 3.07. The van der Waals surface area contributed by atoms with Crippen molar-refractivity contribution in [2.75, 3.05) is 31.0 Å². The predicted octanol–water partition coefficient (Wildman–Crippen LogP) is 3.21. The first kappa shape index (κ1) is 14.7. The van der Waals surface area contributed by atoms with E-state index in [9.17, 15) is 4.79 Å². The minimum absolute atomic E-state index is 0.307. The van der Waals surface area contributed by atoms with Crippen LogP contribution in [0, 0.1) is 0 Å². The Balaban J connectivity index is 1.55. The van der Waals surface area contributed by atoms with Crippen LogP contribution >= 0.6 is 0 Å². The van der Waals surface area contributed by atoms with E-state index in [0.29, 0.717) is 18.9 Å². The third-order valence-corrected chi connectivity index (χ3v) is 4.24. The molecule has 2 aromatic carbocycles. The highest BCUT2D eigenvalue weighted by Gasteiger charge is 2.27. The molecule has 0 saturated carbocycles. The summed E-state index contributed by atoms with van der Waals surface area (Å²) in [5, 5.41) is 5.76. The summed E-state index contributed by atoms with van der Waals surface area (Å²) < 4.78 is 16.5. The average Bonchev–Trinajstić information content (AvgIpc) is 3.24. The SMILES string of the molecule is COc1ccc(NC(=O)Nc2c3c(cc4c2OCC4)OCC3)cc1. The monoisotopic (exact) mass is 326 g/mol.